The standard InChI is InChI=1S/C10H11BrN2O2/c1-12-10(14)9-8(11)4-7(5-13-9)15-6-2-3-6/h4-6H,2-3H2,1H3,(H,12,14). The molecule has 5 heteroatoms. The number of hydrogen-bond donors (Lipinski definition) is 1. The molecule has 0 aliphatic heterocycles. The summed E-state index contributed by atoms with van der Waals surface area (Å²) in [5.41, 5.74) is 0.376. The Balaban J connectivity index is 2.17. The molecular weight excluding hydrogens is 260 g/mol. The van der Waals surface area contributed by atoms with Gasteiger partial charge in [-0.2, -0.15) is 0 Å². The summed E-state index contributed by atoms with van der Waals surface area (Å²) in [6, 6.07) is 1.77. The number of pyridine rings is 1. The van der Waals surface area contributed by atoms with Crippen molar-refractivity contribution in [1.82, 2.24) is 10.3 Å². The number of nitrogens with one attached hydrogen (secondary N) is 1. The summed E-state index contributed by atoms with van der Waals surface area (Å²) in [6.07, 6.45) is 4.13. The van der Waals surface area contributed by atoms with Crippen molar-refractivity contribution < 1.29 is 9.53 Å². The normalized spacial score (nSPS) is 14.8. The number of amides is 1. The lowest BCUT2D eigenvalue weighted by Crippen LogP contribution is -2.19. The molecule has 15 heavy (non-hydrogen) atoms. The molecule has 4 nitrogen and oxygen atoms in total. The Labute approximate surface area is 96.2 Å². The van der Waals surface area contributed by atoms with Gasteiger partial charge in [-0.3, -0.25) is 4.79 Å². The van der Waals surface area contributed by atoms with Crippen LogP contribution in [0.1, 0.15) is 23.3 Å². The van der Waals surface area contributed by atoms with Crippen LogP contribution in [0.15, 0.2) is 16.7 Å². The monoisotopic (exact) mass is 270 g/mol. The Hall–Kier alpha value is -1.10. The molecule has 0 unspecified atom stereocenters. The van der Waals surface area contributed by atoms with Crippen molar-refractivity contribution in [3.05, 3.63) is 22.4 Å². The summed E-state index contributed by atoms with van der Waals surface area (Å²) in [4.78, 5) is 15.4. The van der Waals surface area contributed by atoms with Crippen LogP contribution in [-0.2, 0) is 0 Å². The van der Waals surface area contributed by atoms with Gasteiger partial charge in [0.25, 0.3) is 5.91 Å². The van der Waals surface area contributed by atoms with E-state index in [-0.39, 0.29) is 5.91 Å². The zero-order valence-corrected chi connectivity index (χ0v) is 9.87. The van der Waals surface area contributed by atoms with E-state index in [0.29, 0.717) is 22.0 Å². The minimum atomic E-state index is -0.208. The van der Waals surface area contributed by atoms with Crippen LogP contribution in [0.25, 0.3) is 0 Å². The van der Waals surface area contributed by atoms with Gasteiger partial charge < -0.3 is 10.1 Å². The van der Waals surface area contributed by atoms with Gasteiger partial charge in [0.05, 0.1) is 16.8 Å². The molecule has 1 amide bonds. The van der Waals surface area contributed by atoms with Gasteiger partial charge in [-0.1, -0.05) is 0 Å². The number of carbonyl (C=O) groups excluding carboxylic acids is 1. The van der Waals surface area contributed by atoms with Gasteiger partial charge >= 0.3 is 0 Å². The number of aromatic nitrogens is 1. The number of ether oxygens (including phenoxy) is 1. The highest BCUT2D eigenvalue weighted by Gasteiger charge is 2.24. The maximum atomic E-state index is 11.3. The molecule has 1 fully saturated rings. The second-order valence-electron chi connectivity index (χ2n) is 3.40. The average Bonchev–Trinajstić information content (AvgIpc) is 3.01. The first-order valence-electron chi connectivity index (χ1n) is 4.75. The van der Waals surface area contributed by atoms with E-state index in [2.05, 4.69) is 26.2 Å². The molecule has 1 N–H and O–H groups in total. The lowest BCUT2D eigenvalue weighted by Gasteiger charge is -2.06. The minimum absolute atomic E-state index is 0.208. The fraction of sp³-hybridized carbons (Fsp3) is 0.400. The Bertz CT molecular complexity index is 391. The quantitative estimate of drug-likeness (QED) is 0.911. The van der Waals surface area contributed by atoms with Crippen molar-refractivity contribution in [2.45, 2.75) is 18.9 Å². The van der Waals surface area contributed by atoms with Crippen LogP contribution in [0.3, 0.4) is 0 Å². The number of hydrogen-bond acceptors (Lipinski definition) is 3. The maximum Gasteiger partial charge on any atom is 0.270 e. The molecule has 1 aromatic heterocycles. The second-order valence-corrected chi connectivity index (χ2v) is 4.25. The zero-order valence-electron chi connectivity index (χ0n) is 8.29. The van der Waals surface area contributed by atoms with Crippen LogP contribution >= 0.6 is 15.9 Å². The number of halogens is 1. The fourth-order valence-corrected chi connectivity index (χ4v) is 1.66. The molecule has 1 aliphatic rings. The van der Waals surface area contributed by atoms with Gasteiger partial charge in [0.15, 0.2) is 0 Å². The minimum Gasteiger partial charge on any atom is -0.489 e. The van der Waals surface area contributed by atoms with Gasteiger partial charge in [-0.05, 0) is 34.8 Å². The zero-order chi connectivity index (χ0) is 10.8. The third-order valence-corrected chi connectivity index (χ3v) is 2.69. The summed E-state index contributed by atoms with van der Waals surface area (Å²) >= 11 is 3.30. The molecule has 80 valence electrons. The van der Waals surface area contributed by atoms with Crippen molar-refractivity contribution in [1.29, 1.82) is 0 Å². The van der Waals surface area contributed by atoms with Crippen molar-refractivity contribution in [3.8, 4) is 5.75 Å². The van der Waals surface area contributed by atoms with Gasteiger partial charge in [-0.15, -0.1) is 0 Å². The largest absolute Gasteiger partial charge is 0.489 e. The Morgan fingerprint density at radius 3 is 2.93 bits per heavy atom. The summed E-state index contributed by atoms with van der Waals surface area (Å²) < 4.78 is 6.20. The Kier molecular flexibility index (Phi) is 2.90. The summed E-state index contributed by atoms with van der Waals surface area (Å²) in [5.74, 6) is 0.497. The molecule has 0 bridgehead atoms. The third-order valence-electron chi connectivity index (χ3n) is 2.09. The lowest BCUT2D eigenvalue weighted by atomic mass is 10.3. The van der Waals surface area contributed by atoms with Crippen molar-refractivity contribution in [2.24, 2.45) is 0 Å². The van der Waals surface area contributed by atoms with E-state index in [4.69, 9.17) is 4.74 Å². The van der Waals surface area contributed by atoms with E-state index in [1.807, 2.05) is 0 Å². The van der Waals surface area contributed by atoms with E-state index in [1.54, 1.807) is 19.3 Å². The number of rotatable bonds is 3. The third kappa shape index (κ3) is 2.47. The van der Waals surface area contributed by atoms with Crippen LogP contribution < -0.4 is 10.1 Å². The number of carbonyl (C=O) groups is 1. The van der Waals surface area contributed by atoms with Crippen LogP contribution in [0.5, 0.6) is 5.75 Å². The highest BCUT2D eigenvalue weighted by atomic mass is 79.9. The molecule has 1 heterocycles. The summed E-state index contributed by atoms with van der Waals surface area (Å²) in [6.45, 7) is 0. The van der Waals surface area contributed by atoms with E-state index in [9.17, 15) is 4.79 Å². The molecule has 2 rings (SSSR count). The highest BCUT2D eigenvalue weighted by Crippen LogP contribution is 2.28. The predicted octanol–water partition coefficient (Wildman–Crippen LogP) is 1.74. The van der Waals surface area contributed by atoms with Crippen molar-refractivity contribution in [2.75, 3.05) is 7.05 Å². The summed E-state index contributed by atoms with van der Waals surface area (Å²) in [7, 11) is 1.57. The summed E-state index contributed by atoms with van der Waals surface area (Å²) in [5, 5.41) is 2.52. The van der Waals surface area contributed by atoms with Crippen LogP contribution in [0.2, 0.25) is 0 Å². The van der Waals surface area contributed by atoms with Gasteiger partial charge in [0.1, 0.15) is 11.4 Å². The first-order valence-corrected chi connectivity index (χ1v) is 5.54. The molecular formula is C10H11BrN2O2. The predicted molar refractivity (Wildman–Crippen MR) is 59.0 cm³/mol. The van der Waals surface area contributed by atoms with E-state index >= 15 is 0 Å². The van der Waals surface area contributed by atoms with Gasteiger partial charge in [-0.25, -0.2) is 4.98 Å². The van der Waals surface area contributed by atoms with E-state index in [1.165, 1.54) is 0 Å². The highest BCUT2D eigenvalue weighted by molar-refractivity contribution is 9.10. The Morgan fingerprint density at radius 2 is 2.40 bits per heavy atom. The SMILES string of the molecule is CNC(=O)c1ncc(OC2CC2)cc1Br. The molecule has 0 spiro atoms. The van der Waals surface area contributed by atoms with Crippen LogP contribution in [0, 0.1) is 0 Å². The topological polar surface area (TPSA) is 51.2 Å². The molecule has 1 aromatic rings. The van der Waals surface area contributed by atoms with E-state index in [0.717, 1.165) is 12.8 Å². The smallest absolute Gasteiger partial charge is 0.270 e. The number of nitrogens with zero attached hydrogens (tertiary/aromatic N) is 1. The van der Waals surface area contributed by atoms with Gasteiger partial charge in [0, 0.05) is 7.05 Å². The molecule has 1 saturated carbocycles. The first-order chi connectivity index (χ1) is 7.20. The van der Waals surface area contributed by atoms with Crippen LogP contribution in [0.4, 0.5) is 0 Å². The van der Waals surface area contributed by atoms with Crippen molar-refractivity contribution in [3.63, 3.8) is 0 Å². The first kappa shape index (κ1) is 10.4. The average molecular weight is 271 g/mol. The maximum absolute atomic E-state index is 11.3. The lowest BCUT2D eigenvalue weighted by molar-refractivity contribution is 0.0957. The van der Waals surface area contributed by atoms with Gasteiger partial charge in [0.2, 0.25) is 0 Å². The van der Waals surface area contributed by atoms with Crippen LogP contribution in [-0.4, -0.2) is 24.0 Å². The molecule has 0 radical (unpaired) electrons. The molecule has 0 aromatic carbocycles. The van der Waals surface area contributed by atoms with E-state index < -0.39 is 0 Å². The molecule has 1 aliphatic carbocycles. The Morgan fingerprint density at radius 1 is 1.67 bits per heavy atom. The second kappa shape index (κ2) is 4.18. The fourth-order valence-electron chi connectivity index (χ4n) is 1.15. The molecule has 0 saturated heterocycles. The van der Waals surface area contributed by atoms with Crippen molar-refractivity contribution >= 4 is 21.8 Å². The molecule has 0 atom stereocenters.